The van der Waals surface area contributed by atoms with Gasteiger partial charge in [0.15, 0.2) is 0 Å². The minimum Gasteiger partial charge on any atom is -0.342 e. The number of hydrogen-bond acceptors (Lipinski definition) is 2. The normalized spacial score (nSPS) is 20.3. The van der Waals surface area contributed by atoms with Crippen LogP contribution >= 0.6 is 0 Å². The number of hydrogen-bond donors (Lipinski definition) is 0. The summed E-state index contributed by atoms with van der Waals surface area (Å²) in [5.41, 5.74) is 2.51. The molecule has 1 atom stereocenters. The molecule has 138 valence electrons. The van der Waals surface area contributed by atoms with Crippen LogP contribution in [0, 0.1) is 12.8 Å². The van der Waals surface area contributed by atoms with Gasteiger partial charge in [0.25, 0.3) is 0 Å². The first-order valence-electron chi connectivity index (χ1n) is 10.0. The SMILES string of the molecule is Cc1cnc(C2CC2)n1CC1CCCN(C(=O)CCc2ccccc2)C1. The average molecular weight is 351 g/mol. The smallest absolute Gasteiger partial charge is 0.222 e. The number of benzene rings is 1. The second-order valence-corrected chi connectivity index (χ2v) is 7.98. The molecule has 4 heteroatoms. The fourth-order valence-corrected chi connectivity index (χ4v) is 4.14. The molecular formula is C22H29N3O. The van der Waals surface area contributed by atoms with Crippen molar-refractivity contribution >= 4 is 5.91 Å². The second kappa shape index (κ2) is 7.65. The van der Waals surface area contributed by atoms with E-state index in [1.165, 1.54) is 36.3 Å². The summed E-state index contributed by atoms with van der Waals surface area (Å²) in [5.74, 6) is 2.81. The van der Waals surface area contributed by atoms with E-state index in [1.54, 1.807) is 0 Å². The van der Waals surface area contributed by atoms with Gasteiger partial charge in [-0.1, -0.05) is 30.3 Å². The van der Waals surface area contributed by atoms with Crippen LogP contribution in [0.15, 0.2) is 36.5 Å². The largest absolute Gasteiger partial charge is 0.342 e. The van der Waals surface area contributed by atoms with Crippen LogP contribution in [-0.2, 0) is 17.8 Å². The summed E-state index contributed by atoms with van der Waals surface area (Å²) in [6.07, 6.45) is 8.37. The Morgan fingerprint density at radius 3 is 2.77 bits per heavy atom. The lowest BCUT2D eigenvalue weighted by Gasteiger charge is -2.33. The minimum absolute atomic E-state index is 0.309. The molecule has 2 aromatic rings. The molecule has 1 unspecified atom stereocenters. The first kappa shape index (κ1) is 17.3. The third-order valence-electron chi connectivity index (χ3n) is 5.81. The summed E-state index contributed by atoms with van der Waals surface area (Å²) in [6, 6.07) is 10.3. The number of nitrogens with zero attached hydrogens (tertiary/aromatic N) is 3. The van der Waals surface area contributed by atoms with E-state index >= 15 is 0 Å². The van der Waals surface area contributed by atoms with Crippen molar-refractivity contribution in [3.63, 3.8) is 0 Å². The predicted octanol–water partition coefficient (Wildman–Crippen LogP) is 3.94. The lowest BCUT2D eigenvalue weighted by molar-refractivity contribution is -0.133. The van der Waals surface area contributed by atoms with Gasteiger partial charge >= 0.3 is 0 Å². The molecule has 2 heterocycles. The van der Waals surface area contributed by atoms with E-state index < -0.39 is 0 Å². The van der Waals surface area contributed by atoms with Gasteiger partial charge in [-0.15, -0.1) is 0 Å². The van der Waals surface area contributed by atoms with Gasteiger partial charge in [-0.25, -0.2) is 4.98 Å². The van der Waals surface area contributed by atoms with Gasteiger partial charge in [0.1, 0.15) is 5.82 Å². The molecule has 26 heavy (non-hydrogen) atoms. The van der Waals surface area contributed by atoms with Gasteiger partial charge in [-0.05, 0) is 50.5 Å². The van der Waals surface area contributed by atoms with Crippen LogP contribution in [-0.4, -0.2) is 33.4 Å². The van der Waals surface area contributed by atoms with E-state index in [-0.39, 0.29) is 0 Å². The van der Waals surface area contributed by atoms with Gasteiger partial charge in [0.2, 0.25) is 5.91 Å². The maximum Gasteiger partial charge on any atom is 0.222 e. The fourth-order valence-electron chi connectivity index (χ4n) is 4.14. The quantitative estimate of drug-likeness (QED) is 0.790. The van der Waals surface area contributed by atoms with Gasteiger partial charge < -0.3 is 9.47 Å². The van der Waals surface area contributed by atoms with E-state index in [2.05, 4.69) is 33.5 Å². The molecule has 1 aliphatic carbocycles. The number of carbonyl (C=O) groups is 1. The summed E-state index contributed by atoms with van der Waals surface area (Å²) in [4.78, 5) is 19.4. The van der Waals surface area contributed by atoms with Crippen LogP contribution in [0.5, 0.6) is 0 Å². The lowest BCUT2D eigenvalue weighted by Crippen LogP contribution is -2.41. The molecule has 0 spiro atoms. The molecule has 2 aliphatic rings. The Bertz CT molecular complexity index is 748. The number of piperidine rings is 1. The van der Waals surface area contributed by atoms with Gasteiger partial charge in [0, 0.05) is 43.9 Å². The third-order valence-corrected chi connectivity index (χ3v) is 5.81. The summed E-state index contributed by atoms with van der Waals surface area (Å²) in [6.45, 7) is 4.99. The Labute approximate surface area is 156 Å². The standard InChI is InChI=1S/C22H29N3O/c1-17-14-23-22(20-10-11-20)25(17)16-19-8-5-13-24(15-19)21(26)12-9-18-6-3-2-4-7-18/h2-4,6-7,14,19-20H,5,8-13,15-16H2,1H3. The Balaban J connectivity index is 1.34. The summed E-state index contributed by atoms with van der Waals surface area (Å²) in [5, 5.41) is 0. The number of likely N-dealkylation sites (tertiary alicyclic amines) is 1. The maximum absolute atomic E-state index is 12.7. The number of aryl methyl sites for hydroxylation is 2. The van der Waals surface area contributed by atoms with Crippen molar-refractivity contribution < 1.29 is 4.79 Å². The van der Waals surface area contributed by atoms with E-state index in [4.69, 9.17) is 0 Å². The Morgan fingerprint density at radius 2 is 2.00 bits per heavy atom. The van der Waals surface area contributed by atoms with Gasteiger partial charge in [0.05, 0.1) is 0 Å². The Morgan fingerprint density at radius 1 is 1.19 bits per heavy atom. The molecule has 1 saturated carbocycles. The van der Waals surface area contributed by atoms with E-state index in [1.807, 2.05) is 24.4 Å². The monoisotopic (exact) mass is 351 g/mol. The second-order valence-electron chi connectivity index (χ2n) is 7.98. The number of amides is 1. The highest BCUT2D eigenvalue weighted by Gasteiger charge is 2.30. The number of imidazole rings is 1. The molecule has 0 radical (unpaired) electrons. The molecule has 1 saturated heterocycles. The Kier molecular flexibility index (Phi) is 5.09. The zero-order valence-electron chi connectivity index (χ0n) is 15.7. The molecule has 2 fully saturated rings. The number of aromatic nitrogens is 2. The first-order chi connectivity index (χ1) is 12.7. The topological polar surface area (TPSA) is 38.1 Å². The van der Waals surface area contributed by atoms with Crippen LogP contribution in [0.25, 0.3) is 0 Å². The lowest BCUT2D eigenvalue weighted by atomic mass is 9.97. The molecule has 4 rings (SSSR count). The van der Waals surface area contributed by atoms with E-state index in [9.17, 15) is 4.79 Å². The fraction of sp³-hybridized carbons (Fsp3) is 0.545. The van der Waals surface area contributed by atoms with Crippen LogP contribution in [0.4, 0.5) is 0 Å². The first-order valence-corrected chi connectivity index (χ1v) is 10.0. The zero-order chi connectivity index (χ0) is 17.9. The zero-order valence-corrected chi connectivity index (χ0v) is 15.7. The Hall–Kier alpha value is -2.10. The average Bonchev–Trinajstić information content (AvgIpc) is 3.46. The highest BCUT2D eigenvalue weighted by atomic mass is 16.2. The van der Waals surface area contributed by atoms with E-state index in [0.717, 1.165) is 32.5 Å². The van der Waals surface area contributed by atoms with Crippen molar-refractivity contribution in [2.24, 2.45) is 5.92 Å². The predicted molar refractivity (Wildman–Crippen MR) is 103 cm³/mol. The highest BCUT2D eigenvalue weighted by molar-refractivity contribution is 5.76. The van der Waals surface area contributed by atoms with E-state index in [0.29, 0.717) is 24.2 Å². The summed E-state index contributed by atoms with van der Waals surface area (Å²) >= 11 is 0. The molecule has 4 nitrogen and oxygen atoms in total. The van der Waals surface area contributed by atoms with Crippen molar-refractivity contribution in [1.82, 2.24) is 14.5 Å². The molecule has 0 N–H and O–H groups in total. The maximum atomic E-state index is 12.7. The molecule has 1 aliphatic heterocycles. The molecule has 0 bridgehead atoms. The third kappa shape index (κ3) is 4.00. The van der Waals surface area contributed by atoms with Gasteiger partial charge in [-0.3, -0.25) is 4.79 Å². The summed E-state index contributed by atoms with van der Waals surface area (Å²) in [7, 11) is 0. The van der Waals surface area contributed by atoms with Crippen molar-refractivity contribution in [2.45, 2.75) is 57.9 Å². The van der Waals surface area contributed by atoms with Crippen LogP contribution in [0.3, 0.4) is 0 Å². The van der Waals surface area contributed by atoms with Crippen LogP contribution < -0.4 is 0 Å². The minimum atomic E-state index is 0.309. The molecule has 1 aromatic carbocycles. The molecule has 1 aromatic heterocycles. The van der Waals surface area contributed by atoms with Crippen molar-refractivity contribution in [1.29, 1.82) is 0 Å². The van der Waals surface area contributed by atoms with Crippen LogP contribution in [0.2, 0.25) is 0 Å². The number of rotatable bonds is 6. The van der Waals surface area contributed by atoms with Gasteiger partial charge in [-0.2, -0.15) is 0 Å². The van der Waals surface area contributed by atoms with Crippen molar-refractivity contribution in [2.75, 3.05) is 13.1 Å². The van der Waals surface area contributed by atoms with Crippen LogP contribution in [0.1, 0.15) is 55.1 Å². The molecule has 1 amide bonds. The molecular weight excluding hydrogens is 322 g/mol. The number of carbonyl (C=O) groups excluding carboxylic acids is 1. The highest BCUT2D eigenvalue weighted by Crippen LogP contribution is 2.40. The van der Waals surface area contributed by atoms with Crippen molar-refractivity contribution in [3.8, 4) is 0 Å². The summed E-state index contributed by atoms with van der Waals surface area (Å²) < 4.78 is 2.42. The van der Waals surface area contributed by atoms with Crippen molar-refractivity contribution in [3.05, 3.63) is 53.6 Å².